The van der Waals surface area contributed by atoms with Crippen LogP contribution in [-0.4, -0.2) is 39.1 Å². The summed E-state index contributed by atoms with van der Waals surface area (Å²) < 4.78 is 0. The predicted molar refractivity (Wildman–Crippen MR) is 61.8 cm³/mol. The fraction of sp³-hybridized carbons (Fsp3) is 0.909. The second-order valence-electron chi connectivity index (χ2n) is 3.92. The van der Waals surface area contributed by atoms with Gasteiger partial charge in [0.1, 0.15) is 0 Å². The molecule has 0 radical (unpaired) electrons. The summed E-state index contributed by atoms with van der Waals surface area (Å²) in [5.41, 5.74) is 0. The molecule has 1 aliphatic heterocycles. The maximum atomic E-state index is 11.5. The molecule has 1 fully saturated rings. The minimum atomic E-state index is -0.0419. The fourth-order valence-corrected chi connectivity index (χ4v) is 3.44. The molecule has 0 saturated carbocycles. The first kappa shape index (κ1) is 13.0. The van der Waals surface area contributed by atoms with Gasteiger partial charge in [-0.2, -0.15) is 0 Å². The van der Waals surface area contributed by atoms with E-state index in [4.69, 9.17) is 4.84 Å². The fourth-order valence-electron chi connectivity index (χ4n) is 1.72. The van der Waals surface area contributed by atoms with Gasteiger partial charge in [0.25, 0.3) is 0 Å². The summed E-state index contributed by atoms with van der Waals surface area (Å²) in [6, 6.07) is 0. The van der Waals surface area contributed by atoms with Crippen molar-refractivity contribution >= 4 is 20.9 Å². The van der Waals surface area contributed by atoms with Crippen LogP contribution in [0, 0.1) is 0 Å². The maximum absolute atomic E-state index is 11.5. The normalized spacial score (nSPS) is 19.9. The molecule has 1 saturated heterocycles. The van der Waals surface area contributed by atoms with Gasteiger partial charge in [0, 0.05) is 0 Å². The number of nitrogens with zero attached hydrogens (tertiary/aromatic N) is 1. The van der Waals surface area contributed by atoms with E-state index < -0.39 is 0 Å². The van der Waals surface area contributed by atoms with Gasteiger partial charge in [-0.15, -0.1) is 0 Å². The molecule has 0 aliphatic carbocycles. The van der Waals surface area contributed by atoms with E-state index in [1.807, 2.05) is 5.06 Å². The van der Waals surface area contributed by atoms with Crippen LogP contribution in [0.4, 0.5) is 0 Å². The van der Waals surface area contributed by atoms with Crippen molar-refractivity contribution in [3.63, 3.8) is 0 Å². The molecule has 15 heavy (non-hydrogen) atoms. The van der Waals surface area contributed by atoms with Gasteiger partial charge >= 0.3 is 98.4 Å². The molecule has 0 aromatic rings. The summed E-state index contributed by atoms with van der Waals surface area (Å²) in [6.07, 6.45) is 4.16. The molecular formula is C11H21NO2Se. The van der Waals surface area contributed by atoms with Crippen molar-refractivity contribution in [3.8, 4) is 0 Å². The van der Waals surface area contributed by atoms with E-state index >= 15 is 0 Å². The molecule has 3 nitrogen and oxygen atoms in total. The number of carbonyl (C=O) groups is 1. The number of hydrogen-bond acceptors (Lipinski definition) is 3. The standard InChI is InChI=1S/C11H21NO2Se/c1-3-15-10(2)9-11(13)14-12-7-5-4-6-8-12/h10H,3-9H2,1-2H3. The van der Waals surface area contributed by atoms with Gasteiger partial charge in [-0.1, -0.05) is 0 Å². The van der Waals surface area contributed by atoms with E-state index in [-0.39, 0.29) is 5.97 Å². The van der Waals surface area contributed by atoms with Crippen LogP contribution in [0.25, 0.3) is 0 Å². The average Bonchev–Trinajstić information content (AvgIpc) is 2.19. The molecule has 0 aromatic heterocycles. The zero-order chi connectivity index (χ0) is 11.1. The Kier molecular flexibility index (Phi) is 6.30. The molecule has 1 unspecified atom stereocenters. The van der Waals surface area contributed by atoms with Crippen LogP contribution < -0.4 is 0 Å². The molecule has 0 aromatic carbocycles. The van der Waals surface area contributed by atoms with E-state index in [1.165, 1.54) is 11.7 Å². The average molecular weight is 278 g/mol. The summed E-state index contributed by atoms with van der Waals surface area (Å²) in [6.45, 7) is 6.14. The van der Waals surface area contributed by atoms with Crippen molar-refractivity contribution in [2.45, 2.75) is 49.7 Å². The van der Waals surface area contributed by atoms with E-state index in [2.05, 4.69) is 13.8 Å². The van der Waals surface area contributed by atoms with Crippen molar-refractivity contribution < 1.29 is 9.63 Å². The minimum absolute atomic E-state index is 0.0419. The first-order valence-electron chi connectivity index (χ1n) is 5.79. The number of hydrogen-bond donors (Lipinski definition) is 0. The zero-order valence-corrected chi connectivity index (χ0v) is 11.4. The van der Waals surface area contributed by atoms with E-state index in [1.54, 1.807) is 0 Å². The quantitative estimate of drug-likeness (QED) is 0.723. The van der Waals surface area contributed by atoms with Crippen LogP contribution in [0.3, 0.4) is 0 Å². The third-order valence-corrected chi connectivity index (χ3v) is 4.69. The Morgan fingerprint density at radius 2 is 2.07 bits per heavy atom. The molecule has 0 N–H and O–H groups in total. The van der Waals surface area contributed by atoms with Gasteiger partial charge < -0.3 is 0 Å². The number of piperidine rings is 1. The molecule has 0 bridgehead atoms. The molecule has 1 atom stereocenters. The molecule has 88 valence electrons. The van der Waals surface area contributed by atoms with Gasteiger partial charge in [0.05, 0.1) is 0 Å². The van der Waals surface area contributed by atoms with Crippen LogP contribution in [0.15, 0.2) is 0 Å². The van der Waals surface area contributed by atoms with Crippen LogP contribution in [0.5, 0.6) is 0 Å². The van der Waals surface area contributed by atoms with Gasteiger partial charge in [0.15, 0.2) is 0 Å². The SMILES string of the molecule is CC[Se]C(C)CC(=O)ON1CCCCC1. The number of rotatable bonds is 5. The zero-order valence-electron chi connectivity index (χ0n) is 9.70. The predicted octanol–water partition coefficient (Wildman–Crippen LogP) is 2.27. The van der Waals surface area contributed by atoms with Crippen LogP contribution in [0.2, 0.25) is 10.1 Å². The third-order valence-electron chi connectivity index (χ3n) is 2.45. The molecule has 4 heteroatoms. The van der Waals surface area contributed by atoms with E-state index in [0.717, 1.165) is 25.9 Å². The van der Waals surface area contributed by atoms with Crippen molar-refractivity contribution in [2.24, 2.45) is 0 Å². The number of hydroxylamine groups is 2. The van der Waals surface area contributed by atoms with Gasteiger partial charge in [-0.25, -0.2) is 0 Å². The van der Waals surface area contributed by atoms with Gasteiger partial charge in [-0.3, -0.25) is 0 Å². The Morgan fingerprint density at radius 3 is 2.67 bits per heavy atom. The summed E-state index contributed by atoms with van der Waals surface area (Å²) in [5, 5.41) is 3.03. The molecule has 0 spiro atoms. The second kappa shape index (κ2) is 7.26. The Labute approximate surface area is 98.7 Å². The topological polar surface area (TPSA) is 29.5 Å². The van der Waals surface area contributed by atoms with Crippen molar-refractivity contribution in [1.82, 2.24) is 5.06 Å². The Morgan fingerprint density at radius 1 is 1.40 bits per heavy atom. The Bertz CT molecular complexity index is 193. The Balaban J connectivity index is 2.16. The van der Waals surface area contributed by atoms with Gasteiger partial charge in [0.2, 0.25) is 0 Å². The van der Waals surface area contributed by atoms with Crippen LogP contribution in [-0.2, 0) is 9.63 Å². The van der Waals surface area contributed by atoms with E-state index in [0.29, 0.717) is 26.2 Å². The summed E-state index contributed by atoms with van der Waals surface area (Å²) in [7, 11) is 0. The second-order valence-corrected chi connectivity index (χ2v) is 7.52. The van der Waals surface area contributed by atoms with Crippen molar-refractivity contribution in [2.75, 3.05) is 13.1 Å². The summed E-state index contributed by atoms with van der Waals surface area (Å²) in [5.74, 6) is -0.0419. The van der Waals surface area contributed by atoms with Crippen molar-refractivity contribution in [1.29, 1.82) is 0 Å². The molecule has 1 aliphatic rings. The summed E-state index contributed by atoms with van der Waals surface area (Å²) >= 11 is 0.584. The number of carbonyl (C=O) groups excluding carboxylic acids is 1. The van der Waals surface area contributed by atoms with Crippen LogP contribution in [0.1, 0.15) is 39.5 Å². The Hall–Kier alpha value is -0.0505. The molecular weight excluding hydrogens is 257 g/mol. The third kappa shape index (κ3) is 5.55. The van der Waals surface area contributed by atoms with E-state index in [9.17, 15) is 4.79 Å². The summed E-state index contributed by atoms with van der Waals surface area (Å²) in [4.78, 5) is 17.4. The first-order chi connectivity index (χ1) is 7.22. The first-order valence-corrected chi connectivity index (χ1v) is 7.99. The monoisotopic (exact) mass is 279 g/mol. The molecule has 1 heterocycles. The van der Waals surface area contributed by atoms with Gasteiger partial charge in [-0.05, 0) is 0 Å². The van der Waals surface area contributed by atoms with Crippen LogP contribution >= 0.6 is 0 Å². The molecule has 0 amide bonds. The molecule has 1 rings (SSSR count). The van der Waals surface area contributed by atoms with Crippen molar-refractivity contribution in [3.05, 3.63) is 0 Å².